The van der Waals surface area contributed by atoms with E-state index in [9.17, 15) is 9.59 Å². The Kier molecular flexibility index (Phi) is 15.3. The lowest BCUT2D eigenvalue weighted by Crippen LogP contribution is -2.32. The van der Waals surface area contributed by atoms with E-state index in [2.05, 4.69) is 115 Å². The third kappa shape index (κ3) is 14.5. The summed E-state index contributed by atoms with van der Waals surface area (Å²) in [4.78, 5) is 22.7. The normalized spacial score (nSPS) is 19.8. The first-order chi connectivity index (χ1) is 18.8. The molecule has 0 saturated carbocycles. The molecule has 0 bridgehead atoms. The van der Waals surface area contributed by atoms with Crippen molar-refractivity contribution in [2.75, 3.05) is 0 Å². The molecule has 4 heteroatoms. The van der Waals surface area contributed by atoms with E-state index in [1.165, 1.54) is 22.3 Å². The molecule has 0 fully saturated rings. The molecule has 1 atom stereocenters. The van der Waals surface area contributed by atoms with Crippen molar-refractivity contribution in [3.63, 3.8) is 0 Å². The van der Waals surface area contributed by atoms with Crippen LogP contribution in [-0.4, -0.2) is 23.1 Å². The zero-order valence-corrected chi connectivity index (χ0v) is 25.7. The Morgan fingerprint density at radius 1 is 0.825 bits per heavy atom. The molecular formula is C36H48O4. The second-order valence-corrected chi connectivity index (χ2v) is 11.1. The molecule has 1 aliphatic rings. The highest BCUT2D eigenvalue weighted by Gasteiger charge is 2.34. The Labute approximate surface area is 242 Å². The molecule has 0 aromatic carbocycles. The van der Waals surface area contributed by atoms with E-state index < -0.39 is 11.9 Å². The van der Waals surface area contributed by atoms with Gasteiger partial charge in [-0.25, -0.2) is 0 Å². The molecule has 0 saturated heterocycles. The van der Waals surface area contributed by atoms with E-state index >= 15 is 0 Å². The van der Waals surface area contributed by atoms with Crippen LogP contribution in [0.2, 0.25) is 0 Å². The molecule has 1 rings (SSSR count). The standard InChI is InChI=1S/C36H48O4/c1-9-14-27(2)17-12-18-28(3)15-10-11-16-29(4)19-13-20-30(5)21-22-33-31(6)25-32(26-36(33,7)8)40-35(39)24-23-34(37)38/h9-22,32H,23-26H2,1-8H3,(H,37,38)/b11-10+,14-9+,18-12+,19-13+,22-21+,27-17+,28-15+,29-16+,30-20+. The number of carbonyl (C=O) groups is 2. The average molecular weight is 545 g/mol. The van der Waals surface area contributed by atoms with E-state index in [1.807, 2.05) is 25.2 Å². The molecule has 40 heavy (non-hydrogen) atoms. The molecule has 0 aliphatic heterocycles. The van der Waals surface area contributed by atoms with Gasteiger partial charge in [0.25, 0.3) is 0 Å². The van der Waals surface area contributed by atoms with Crippen molar-refractivity contribution in [2.45, 2.75) is 87.2 Å². The molecule has 1 aliphatic carbocycles. The maximum atomic E-state index is 12.0. The van der Waals surface area contributed by atoms with Crippen molar-refractivity contribution in [1.82, 2.24) is 0 Å². The zero-order valence-electron chi connectivity index (χ0n) is 25.7. The van der Waals surface area contributed by atoms with Crippen LogP contribution in [0.5, 0.6) is 0 Å². The van der Waals surface area contributed by atoms with Crippen LogP contribution < -0.4 is 0 Å². The number of aliphatic carboxylic acids is 1. The molecule has 0 aromatic rings. The van der Waals surface area contributed by atoms with Crippen LogP contribution in [-0.2, 0) is 14.3 Å². The fourth-order valence-electron chi connectivity index (χ4n) is 4.50. The fraction of sp³-hybridized carbons (Fsp3) is 0.389. The highest BCUT2D eigenvalue weighted by atomic mass is 16.5. The molecule has 4 nitrogen and oxygen atoms in total. The number of carbonyl (C=O) groups excluding carboxylic acids is 1. The molecule has 1 N–H and O–H groups in total. The number of hydrogen-bond acceptors (Lipinski definition) is 3. The summed E-state index contributed by atoms with van der Waals surface area (Å²) in [7, 11) is 0. The number of ether oxygens (including phenoxy) is 1. The molecule has 0 amide bonds. The largest absolute Gasteiger partial charge is 0.481 e. The van der Waals surface area contributed by atoms with E-state index in [-0.39, 0.29) is 24.4 Å². The summed E-state index contributed by atoms with van der Waals surface area (Å²) < 4.78 is 5.57. The minimum atomic E-state index is -0.989. The maximum absolute atomic E-state index is 12.0. The van der Waals surface area contributed by atoms with Crippen molar-refractivity contribution in [2.24, 2.45) is 5.41 Å². The Morgan fingerprint density at radius 2 is 1.32 bits per heavy atom. The van der Waals surface area contributed by atoms with Crippen LogP contribution in [0.1, 0.15) is 81.1 Å². The topological polar surface area (TPSA) is 63.6 Å². The van der Waals surface area contributed by atoms with Crippen molar-refractivity contribution >= 4 is 11.9 Å². The highest BCUT2D eigenvalue weighted by Crippen LogP contribution is 2.42. The van der Waals surface area contributed by atoms with Gasteiger partial charge >= 0.3 is 11.9 Å². The summed E-state index contributed by atoms with van der Waals surface area (Å²) in [6.45, 7) is 16.7. The summed E-state index contributed by atoms with van der Waals surface area (Å²) in [5.74, 6) is -1.43. The predicted octanol–water partition coefficient (Wildman–Crippen LogP) is 9.49. The second kappa shape index (κ2) is 17.8. The van der Waals surface area contributed by atoms with Crippen LogP contribution >= 0.6 is 0 Å². The van der Waals surface area contributed by atoms with E-state index in [4.69, 9.17) is 9.84 Å². The van der Waals surface area contributed by atoms with Crippen molar-refractivity contribution < 1.29 is 19.4 Å². The maximum Gasteiger partial charge on any atom is 0.306 e. The van der Waals surface area contributed by atoms with Gasteiger partial charge in [0.15, 0.2) is 0 Å². The average Bonchev–Trinajstić information content (AvgIpc) is 2.84. The fourth-order valence-corrected chi connectivity index (χ4v) is 4.50. The summed E-state index contributed by atoms with van der Waals surface area (Å²) in [5, 5.41) is 8.78. The number of carboxylic acids is 1. The van der Waals surface area contributed by atoms with Crippen molar-refractivity contribution in [1.29, 1.82) is 0 Å². The number of hydrogen-bond donors (Lipinski definition) is 1. The monoisotopic (exact) mass is 544 g/mol. The van der Waals surface area contributed by atoms with Gasteiger partial charge in [-0.15, -0.1) is 0 Å². The van der Waals surface area contributed by atoms with Crippen LogP contribution in [0.25, 0.3) is 0 Å². The van der Waals surface area contributed by atoms with Crippen LogP contribution in [0.4, 0.5) is 0 Å². The van der Waals surface area contributed by atoms with E-state index in [0.717, 1.165) is 11.1 Å². The van der Waals surface area contributed by atoms with Gasteiger partial charge in [0.1, 0.15) is 6.10 Å². The lowest BCUT2D eigenvalue weighted by atomic mass is 9.71. The summed E-state index contributed by atoms with van der Waals surface area (Å²) in [6.07, 6.45) is 30.0. The first-order valence-electron chi connectivity index (χ1n) is 14.0. The lowest BCUT2D eigenvalue weighted by molar-refractivity contribution is -0.153. The number of esters is 1. The van der Waals surface area contributed by atoms with Gasteiger partial charge in [-0.3, -0.25) is 9.59 Å². The zero-order chi connectivity index (χ0) is 30.1. The van der Waals surface area contributed by atoms with Gasteiger partial charge in [-0.05, 0) is 59.0 Å². The van der Waals surface area contributed by atoms with Crippen molar-refractivity contribution in [3.8, 4) is 0 Å². The SMILES string of the molecule is C/C=C/C(C)=C/C=C/C(C)=C/C=C/C=C(C)/C=C/C=C(C)/C=C/C1=C(C)CC(OC(=O)CCC(=O)O)CC1(C)C. The molecule has 0 aromatic heterocycles. The quantitative estimate of drug-likeness (QED) is 0.185. The molecule has 0 heterocycles. The third-order valence-electron chi connectivity index (χ3n) is 6.51. The lowest BCUT2D eigenvalue weighted by Gasteiger charge is -2.37. The number of rotatable bonds is 13. The Hall–Kier alpha value is -3.66. The van der Waals surface area contributed by atoms with Crippen LogP contribution in [0, 0.1) is 5.41 Å². The number of carboxylic acid groups (broad SMARTS) is 1. The Balaban J connectivity index is 2.73. The first-order valence-corrected chi connectivity index (χ1v) is 14.0. The summed E-state index contributed by atoms with van der Waals surface area (Å²) in [6, 6.07) is 0. The molecule has 1 unspecified atom stereocenters. The predicted molar refractivity (Wildman–Crippen MR) is 169 cm³/mol. The Bertz CT molecular complexity index is 1190. The summed E-state index contributed by atoms with van der Waals surface area (Å²) >= 11 is 0. The van der Waals surface area contributed by atoms with Gasteiger partial charge in [-0.2, -0.15) is 0 Å². The van der Waals surface area contributed by atoms with Crippen LogP contribution in [0.15, 0.2) is 119 Å². The number of allylic oxidation sites excluding steroid dienone is 19. The first kappa shape index (κ1) is 34.4. The minimum absolute atomic E-state index is 0.0894. The van der Waals surface area contributed by atoms with Gasteiger partial charge in [0.05, 0.1) is 12.8 Å². The van der Waals surface area contributed by atoms with Gasteiger partial charge in [-0.1, -0.05) is 127 Å². The smallest absolute Gasteiger partial charge is 0.306 e. The van der Waals surface area contributed by atoms with Crippen LogP contribution in [0.3, 0.4) is 0 Å². The van der Waals surface area contributed by atoms with Gasteiger partial charge in [0.2, 0.25) is 0 Å². The minimum Gasteiger partial charge on any atom is -0.481 e. The second-order valence-electron chi connectivity index (χ2n) is 11.1. The van der Waals surface area contributed by atoms with Gasteiger partial charge < -0.3 is 9.84 Å². The highest BCUT2D eigenvalue weighted by molar-refractivity contribution is 5.76. The Morgan fingerprint density at radius 3 is 1.82 bits per heavy atom. The van der Waals surface area contributed by atoms with E-state index in [0.29, 0.717) is 12.8 Å². The van der Waals surface area contributed by atoms with Crippen molar-refractivity contribution in [3.05, 3.63) is 119 Å². The summed E-state index contributed by atoms with van der Waals surface area (Å²) in [5.41, 5.74) is 7.01. The molecule has 0 radical (unpaired) electrons. The van der Waals surface area contributed by atoms with E-state index in [1.54, 1.807) is 0 Å². The molecular weight excluding hydrogens is 496 g/mol. The third-order valence-corrected chi connectivity index (χ3v) is 6.51. The molecule has 0 spiro atoms. The van der Waals surface area contributed by atoms with Gasteiger partial charge in [0, 0.05) is 6.42 Å². The molecule has 216 valence electrons.